The third-order valence-electron chi connectivity index (χ3n) is 7.15. The van der Waals surface area contributed by atoms with Gasteiger partial charge in [-0.3, -0.25) is 0 Å². The average molecular weight is 465 g/mol. The number of halogens is 3. The van der Waals surface area contributed by atoms with Gasteiger partial charge in [0.2, 0.25) is 0 Å². The quantitative estimate of drug-likeness (QED) is 0.278. The zero-order valence-corrected chi connectivity index (χ0v) is 19.3. The smallest absolute Gasteiger partial charge is 0.416 e. The third-order valence-corrected chi connectivity index (χ3v) is 7.15. The van der Waals surface area contributed by atoms with Gasteiger partial charge in [-0.15, -0.1) is 0 Å². The van der Waals surface area contributed by atoms with Gasteiger partial charge in [0.05, 0.1) is 25.2 Å². The van der Waals surface area contributed by atoms with Crippen LogP contribution in [0.25, 0.3) is 21.5 Å². The maximum atomic E-state index is 12.9. The summed E-state index contributed by atoms with van der Waals surface area (Å²) in [5.74, 6) is 1.99. The number of ether oxygens (including phenoxy) is 2. The van der Waals surface area contributed by atoms with Crippen molar-refractivity contribution in [3.8, 4) is 11.5 Å². The van der Waals surface area contributed by atoms with Crippen LogP contribution in [0, 0.1) is 0 Å². The predicted octanol–water partition coefficient (Wildman–Crippen LogP) is 8.08. The van der Waals surface area contributed by atoms with Gasteiger partial charge in [-0.25, -0.2) is 0 Å². The number of fused-ring (bicyclic) bond motifs is 5. The lowest BCUT2D eigenvalue weighted by Crippen LogP contribution is -2.11. The van der Waals surface area contributed by atoms with Crippen LogP contribution in [0.3, 0.4) is 0 Å². The maximum absolute atomic E-state index is 12.9. The van der Waals surface area contributed by atoms with Crippen LogP contribution in [0.2, 0.25) is 0 Å². The highest BCUT2D eigenvalue weighted by Crippen LogP contribution is 2.44. The van der Waals surface area contributed by atoms with E-state index in [0.29, 0.717) is 5.92 Å². The molecule has 1 atom stereocenters. The molecule has 0 aromatic heterocycles. The second kappa shape index (κ2) is 8.86. The minimum Gasteiger partial charge on any atom is -0.496 e. The SMILES string of the molecule is COc1cccc2c1c(OC)cc1c3c(ccc12)C(CCc1ccc(C(F)(F)F)cc1)CCC3. The Bertz CT molecular complexity index is 1340. The second-order valence-electron chi connectivity index (χ2n) is 9.01. The minimum absolute atomic E-state index is 0.391. The first kappa shape index (κ1) is 22.6. The summed E-state index contributed by atoms with van der Waals surface area (Å²) in [6.45, 7) is 0. The summed E-state index contributed by atoms with van der Waals surface area (Å²) in [5, 5.41) is 4.50. The first-order chi connectivity index (χ1) is 16.4. The van der Waals surface area contributed by atoms with Gasteiger partial charge >= 0.3 is 6.18 Å². The van der Waals surface area contributed by atoms with E-state index < -0.39 is 11.7 Å². The number of rotatable bonds is 5. The predicted molar refractivity (Wildman–Crippen MR) is 130 cm³/mol. The second-order valence-corrected chi connectivity index (χ2v) is 9.01. The molecule has 34 heavy (non-hydrogen) atoms. The van der Waals surface area contributed by atoms with E-state index in [4.69, 9.17) is 9.47 Å². The molecule has 0 spiro atoms. The van der Waals surface area contributed by atoms with Gasteiger partial charge in [0.15, 0.2) is 0 Å². The summed E-state index contributed by atoms with van der Waals surface area (Å²) < 4.78 is 50.0. The summed E-state index contributed by atoms with van der Waals surface area (Å²) >= 11 is 0. The van der Waals surface area contributed by atoms with Crippen LogP contribution in [0.15, 0.2) is 60.7 Å². The van der Waals surface area contributed by atoms with Crippen molar-refractivity contribution in [1.29, 1.82) is 0 Å². The average Bonchev–Trinajstić information content (AvgIpc) is 2.85. The van der Waals surface area contributed by atoms with Crippen LogP contribution in [0.4, 0.5) is 13.2 Å². The van der Waals surface area contributed by atoms with Crippen molar-refractivity contribution in [3.63, 3.8) is 0 Å². The van der Waals surface area contributed by atoms with Crippen LogP contribution in [0.5, 0.6) is 11.5 Å². The number of benzene rings is 4. The molecule has 176 valence electrons. The van der Waals surface area contributed by atoms with Crippen LogP contribution in [-0.2, 0) is 19.0 Å². The molecule has 1 aliphatic carbocycles. The van der Waals surface area contributed by atoms with Gasteiger partial charge in [0, 0.05) is 0 Å². The van der Waals surface area contributed by atoms with Crippen LogP contribution in [-0.4, -0.2) is 14.2 Å². The van der Waals surface area contributed by atoms with E-state index in [0.717, 1.165) is 59.9 Å². The summed E-state index contributed by atoms with van der Waals surface area (Å²) in [4.78, 5) is 0. The van der Waals surface area contributed by atoms with Gasteiger partial charge in [-0.05, 0) is 95.1 Å². The standard InChI is InChI=1S/C29H27F3O2/c1-33-26-8-4-7-24-23-16-15-21-19(12-9-18-10-13-20(14-11-18)29(30,31)32)5-3-6-22(21)25(23)17-27(34-2)28(24)26/h4,7-8,10-11,13-17,19H,3,5-6,9,12H2,1-2H3. The van der Waals surface area contributed by atoms with E-state index in [1.54, 1.807) is 26.4 Å². The zero-order valence-electron chi connectivity index (χ0n) is 19.3. The van der Waals surface area contributed by atoms with E-state index in [2.05, 4.69) is 24.3 Å². The fraction of sp³-hybridized carbons (Fsp3) is 0.310. The molecule has 0 bridgehead atoms. The number of alkyl halides is 3. The highest BCUT2D eigenvalue weighted by atomic mass is 19.4. The largest absolute Gasteiger partial charge is 0.496 e. The molecule has 0 saturated carbocycles. The number of hydrogen-bond acceptors (Lipinski definition) is 2. The summed E-state index contributed by atoms with van der Waals surface area (Å²) in [6.07, 6.45) is 0.597. The van der Waals surface area contributed by atoms with Crippen molar-refractivity contribution in [2.45, 2.75) is 44.2 Å². The van der Waals surface area contributed by atoms with E-state index in [1.807, 2.05) is 12.1 Å². The van der Waals surface area contributed by atoms with E-state index in [1.165, 1.54) is 34.0 Å². The van der Waals surface area contributed by atoms with Crippen molar-refractivity contribution < 1.29 is 22.6 Å². The highest BCUT2D eigenvalue weighted by molar-refractivity contribution is 6.13. The molecule has 0 radical (unpaired) electrons. The molecule has 0 amide bonds. The lowest BCUT2D eigenvalue weighted by atomic mass is 9.77. The lowest BCUT2D eigenvalue weighted by molar-refractivity contribution is -0.137. The Morgan fingerprint density at radius 2 is 1.62 bits per heavy atom. The van der Waals surface area contributed by atoms with Crippen LogP contribution < -0.4 is 9.47 Å². The molecule has 1 unspecified atom stereocenters. The number of methoxy groups -OCH3 is 2. The summed E-state index contributed by atoms with van der Waals surface area (Å²) in [5.41, 5.74) is 3.07. The van der Waals surface area contributed by atoms with Gasteiger partial charge in [-0.2, -0.15) is 13.2 Å². The highest BCUT2D eigenvalue weighted by Gasteiger charge is 2.30. The molecule has 4 aromatic carbocycles. The van der Waals surface area contributed by atoms with Crippen LogP contribution in [0.1, 0.15) is 47.4 Å². The van der Waals surface area contributed by atoms with Gasteiger partial charge in [0.1, 0.15) is 11.5 Å². The Hall–Kier alpha value is -3.21. The first-order valence-electron chi connectivity index (χ1n) is 11.7. The molecular formula is C29H27F3O2. The van der Waals surface area contributed by atoms with Crippen molar-refractivity contribution >= 4 is 21.5 Å². The van der Waals surface area contributed by atoms with Gasteiger partial charge < -0.3 is 9.47 Å². The minimum atomic E-state index is -4.29. The molecule has 0 aliphatic heterocycles. The zero-order chi connectivity index (χ0) is 23.9. The van der Waals surface area contributed by atoms with E-state index in [-0.39, 0.29) is 0 Å². The Kier molecular flexibility index (Phi) is 5.88. The molecule has 0 N–H and O–H groups in total. The van der Waals surface area contributed by atoms with Crippen LogP contribution >= 0.6 is 0 Å². The molecule has 0 heterocycles. The Labute approximate surface area is 197 Å². The fourth-order valence-electron chi connectivity index (χ4n) is 5.47. The maximum Gasteiger partial charge on any atom is 0.416 e. The molecule has 5 rings (SSSR count). The lowest BCUT2D eigenvalue weighted by Gasteiger charge is -2.27. The first-order valence-corrected chi connectivity index (χ1v) is 11.7. The Morgan fingerprint density at radius 1 is 0.853 bits per heavy atom. The van der Waals surface area contributed by atoms with Crippen molar-refractivity contribution in [2.75, 3.05) is 14.2 Å². The summed E-state index contributed by atoms with van der Waals surface area (Å²) in [7, 11) is 3.36. The van der Waals surface area contributed by atoms with Crippen molar-refractivity contribution in [3.05, 3.63) is 82.9 Å². The molecule has 4 aromatic rings. The number of aryl methyl sites for hydroxylation is 2. The van der Waals surface area contributed by atoms with Gasteiger partial charge in [-0.1, -0.05) is 36.4 Å². The van der Waals surface area contributed by atoms with Crippen molar-refractivity contribution in [1.82, 2.24) is 0 Å². The monoisotopic (exact) mass is 464 g/mol. The molecule has 2 nitrogen and oxygen atoms in total. The molecule has 0 fully saturated rings. The normalized spacial score (nSPS) is 16.0. The van der Waals surface area contributed by atoms with Crippen molar-refractivity contribution in [2.24, 2.45) is 0 Å². The molecule has 5 heteroatoms. The van der Waals surface area contributed by atoms with E-state index in [9.17, 15) is 13.2 Å². The Balaban J connectivity index is 1.50. The fourth-order valence-corrected chi connectivity index (χ4v) is 5.47. The topological polar surface area (TPSA) is 18.5 Å². The molecular weight excluding hydrogens is 437 g/mol. The molecule has 1 aliphatic rings. The van der Waals surface area contributed by atoms with E-state index >= 15 is 0 Å². The number of hydrogen-bond donors (Lipinski definition) is 0. The Morgan fingerprint density at radius 3 is 2.32 bits per heavy atom. The van der Waals surface area contributed by atoms with Gasteiger partial charge in [0.25, 0.3) is 0 Å². The third kappa shape index (κ3) is 3.97. The summed E-state index contributed by atoms with van der Waals surface area (Å²) in [6, 6.07) is 18.2. The molecule has 0 saturated heterocycles.